The summed E-state index contributed by atoms with van der Waals surface area (Å²) in [5.41, 5.74) is 7.21. The molecule has 4 heteroatoms. The van der Waals surface area contributed by atoms with Gasteiger partial charge in [0.1, 0.15) is 0 Å². The maximum absolute atomic E-state index is 12.5. The van der Waals surface area contributed by atoms with Crippen LogP contribution < -0.4 is 11.1 Å². The monoisotopic (exact) mass is 304 g/mol. The van der Waals surface area contributed by atoms with Crippen molar-refractivity contribution in [3.8, 4) is 0 Å². The molecule has 3 nitrogen and oxygen atoms in total. The molecule has 1 saturated carbocycles. The number of nitrogens with one attached hydrogen (secondary N) is 1. The number of benzene rings is 1. The Hall–Kier alpha value is -1.00. The summed E-state index contributed by atoms with van der Waals surface area (Å²) in [5.74, 6) is 0.735. The van der Waals surface area contributed by atoms with Crippen LogP contribution in [0.4, 0.5) is 0 Å². The van der Waals surface area contributed by atoms with E-state index in [4.69, 9.17) is 5.73 Å². The number of rotatable bonds is 4. The Morgan fingerprint density at radius 2 is 2.05 bits per heavy atom. The van der Waals surface area contributed by atoms with Crippen LogP contribution in [-0.2, 0) is 11.2 Å². The van der Waals surface area contributed by atoms with Gasteiger partial charge in [0, 0.05) is 17.5 Å². The third kappa shape index (κ3) is 3.43. The van der Waals surface area contributed by atoms with Crippen molar-refractivity contribution in [1.82, 2.24) is 5.32 Å². The lowest BCUT2D eigenvalue weighted by Gasteiger charge is -2.30. The van der Waals surface area contributed by atoms with Gasteiger partial charge in [0.15, 0.2) is 0 Å². The van der Waals surface area contributed by atoms with Crippen molar-refractivity contribution in [1.29, 1.82) is 0 Å². The van der Waals surface area contributed by atoms with Crippen LogP contribution in [0, 0.1) is 5.92 Å². The molecule has 1 aliphatic heterocycles. The maximum atomic E-state index is 12.5. The van der Waals surface area contributed by atoms with Gasteiger partial charge < -0.3 is 11.1 Å². The number of hydrogen-bond donors (Lipinski definition) is 2. The number of carbonyl (C=O) groups excluding carboxylic acids is 1. The van der Waals surface area contributed by atoms with E-state index >= 15 is 0 Å². The lowest BCUT2D eigenvalue weighted by atomic mass is 9.84. The van der Waals surface area contributed by atoms with Crippen molar-refractivity contribution in [2.75, 3.05) is 6.54 Å². The molecule has 2 unspecified atom stereocenters. The molecule has 3 N–H and O–H groups in total. The van der Waals surface area contributed by atoms with Crippen molar-refractivity contribution in [2.24, 2.45) is 11.7 Å². The highest BCUT2D eigenvalue weighted by molar-refractivity contribution is 8.01. The molecule has 0 bridgehead atoms. The van der Waals surface area contributed by atoms with Crippen molar-refractivity contribution < 1.29 is 4.79 Å². The summed E-state index contributed by atoms with van der Waals surface area (Å²) < 4.78 is 0. The van der Waals surface area contributed by atoms with Crippen LogP contribution in [-0.4, -0.2) is 23.7 Å². The Bertz CT molecular complexity index is 474. The van der Waals surface area contributed by atoms with Gasteiger partial charge in [-0.3, -0.25) is 4.79 Å². The Morgan fingerprint density at radius 3 is 2.76 bits per heavy atom. The standard InChI is InChI=1S/C17H24N2OS/c18-11-14(12-6-2-1-3-7-12)19-17(20)16-10-13-8-4-5-9-15(13)21-16/h4-5,8-9,12,14,16H,1-3,6-7,10-11,18H2,(H,19,20). The lowest BCUT2D eigenvalue weighted by Crippen LogP contribution is -2.48. The van der Waals surface area contributed by atoms with Crippen LogP contribution in [0.5, 0.6) is 0 Å². The highest BCUT2D eigenvalue weighted by atomic mass is 32.2. The van der Waals surface area contributed by atoms with Gasteiger partial charge in [-0.2, -0.15) is 0 Å². The summed E-state index contributed by atoms with van der Waals surface area (Å²) in [4.78, 5) is 13.8. The molecule has 0 aromatic heterocycles. The fraction of sp³-hybridized carbons (Fsp3) is 0.588. The van der Waals surface area contributed by atoms with E-state index < -0.39 is 0 Å². The molecule has 0 radical (unpaired) electrons. The largest absolute Gasteiger partial charge is 0.351 e. The number of thioether (sulfide) groups is 1. The summed E-state index contributed by atoms with van der Waals surface area (Å²) in [6.45, 7) is 0.556. The average Bonchev–Trinajstić information content (AvgIpc) is 2.97. The summed E-state index contributed by atoms with van der Waals surface area (Å²) >= 11 is 1.69. The molecular formula is C17H24N2OS. The van der Waals surface area contributed by atoms with Crippen molar-refractivity contribution in [2.45, 2.75) is 54.7 Å². The minimum Gasteiger partial charge on any atom is -0.351 e. The van der Waals surface area contributed by atoms with E-state index in [0.29, 0.717) is 12.5 Å². The molecule has 2 atom stereocenters. The lowest BCUT2D eigenvalue weighted by molar-refractivity contribution is -0.121. The molecule has 1 heterocycles. The van der Waals surface area contributed by atoms with E-state index in [9.17, 15) is 4.79 Å². The number of amides is 1. The smallest absolute Gasteiger partial charge is 0.234 e. The zero-order chi connectivity index (χ0) is 14.7. The van der Waals surface area contributed by atoms with E-state index in [1.807, 2.05) is 12.1 Å². The van der Waals surface area contributed by atoms with Crippen molar-refractivity contribution in [3.05, 3.63) is 29.8 Å². The molecule has 1 amide bonds. The molecule has 1 fully saturated rings. The normalized spacial score (nSPS) is 23.6. The fourth-order valence-corrected chi connectivity index (χ4v) is 4.71. The van der Waals surface area contributed by atoms with Crippen molar-refractivity contribution in [3.63, 3.8) is 0 Å². The van der Waals surface area contributed by atoms with Crippen LogP contribution in [0.3, 0.4) is 0 Å². The molecule has 3 rings (SSSR count). The van der Waals surface area contributed by atoms with Crippen LogP contribution >= 0.6 is 11.8 Å². The number of nitrogens with two attached hydrogens (primary N) is 1. The Kier molecular flexibility index (Phi) is 4.86. The van der Waals surface area contributed by atoms with Gasteiger partial charge in [-0.1, -0.05) is 37.5 Å². The Balaban J connectivity index is 1.58. The third-order valence-electron chi connectivity index (χ3n) is 4.74. The first-order valence-electron chi connectivity index (χ1n) is 8.03. The molecular weight excluding hydrogens is 280 g/mol. The zero-order valence-corrected chi connectivity index (χ0v) is 13.2. The quantitative estimate of drug-likeness (QED) is 0.899. The van der Waals surface area contributed by atoms with E-state index in [1.165, 1.54) is 42.6 Å². The van der Waals surface area contributed by atoms with E-state index in [1.54, 1.807) is 11.8 Å². The van der Waals surface area contributed by atoms with Gasteiger partial charge in [0.05, 0.1) is 5.25 Å². The van der Waals surface area contributed by atoms with Gasteiger partial charge in [-0.25, -0.2) is 0 Å². The highest BCUT2D eigenvalue weighted by Gasteiger charge is 2.31. The minimum atomic E-state index is 0.0139. The van der Waals surface area contributed by atoms with Gasteiger partial charge in [0.25, 0.3) is 0 Å². The average molecular weight is 304 g/mol. The van der Waals surface area contributed by atoms with Gasteiger partial charge in [-0.15, -0.1) is 11.8 Å². The van der Waals surface area contributed by atoms with Crippen LogP contribution in [0.1, 0.15) is 37.7 Å². The summed E-state index contributed by atoms with van der Waals surface area (Å²) in [7, 11) is 0. The predicted molar refractivity (Wildman–Crippen MR) is 87.4 cm³/mol. The number of hydrogen-bond acceptors (Lipinski definition) is 3. The number of fused-ring (bicyclic) bond motifs is 1. The molecule has 1 aromatic carbocycles. The maximum Gasteiger partial charge on any atom is 0.234 e. The first-order valence-corrected chi connectivity index (χ1v) is 8.91. The SMILES string of the molecule is NCC(NC(=O)C1Cc2ccccc2S1)C1CCCCC1. The topological polar surface area (TPSA) is 55.1 Å². The summed E-state index contributed by atoms with van der Waals surface area (Å²) in [5, 5.41) is 3.24. The molecule has 2 aliphatic rings. The van der Waals surface area contributed by atoms with Crippen LogP contribution in [0.15, 0.2) is 29.2 Å². The van der Waals surface area contributed by atoms with E-state index in [2.05, 4.69) is 17.4 Å². The minimum absolute atomic E-state index is 0.0139. The molecule has 0 saturated heterocycles. The molecule has 0 spiro atoms. The first kappa shape index (κ1) is 14.9. The third-order valence-corrected chi connectivity index (χ3v) is 6.06. The van der Waals surface area contributed by atoms with Gasteiger partial charge in [0.2, 0.25) is 5.91 Å². The summed E-state index contributed by atoms with van der Waals surface area (Å²) in [6.07, 6.45) is 7.14. The molecule has 114 valence electrons. The Labute approximate surface area is 131 Å². The second kappa shape index (κ2) is 6.84. The second-order valence-electron chi connectivity index (χ2n) is 6.17. The van der Waals surface area contributed by atoms with E-state index in [-0.39, 0.29) is 17.2 Å². The predicted octanol–water partition coefficient (Wildman–Crippen LogP) is 2.73. The van der Waals surface area contributed by atoms with Gasteiger partial charge in [-0.05, 0) is 36.8 Å². The first-order chi connectivity index (χ1) is 10.3. The molecule has 1 aromatic rings. The fourth-order valence-electron chi connectivity index (χ4n) is 3.51. The second-order valence-corrected chi connectivity index (χ2v) is 7.41. The zero-order valence-electron chi connectivity index (χ0n) is 12.4. The van der Waals surface area contributed by atoms with Gasteiger partial charge >= 0.3 is 0 Å². The highest BCUT2D eigenvalue weighted by Crippen LogP contribution is 2.37. The molecule has 21 heavy (non-hydrogen) atoms. The van der Waals surface area contributed by atoms with Crippen LogP contribution in [0.2, 0.25) is 0 Å². The van der Waals surface area contributed by atoms with E-state index in [0.717, 1.165) is 6.42 Å². The summed E-state index contributed by atoms with van der Waals surface area (Å²) in [6, 6.07) is 8.47. The van der Waals surface area contributed by atoms with Crippen molar-refractivity contribution >= 4 is 17.7 Å². The number of carbonyl (C=O) groups is 1. The Morgan fingerprint density at radius 1 is 1.29 bits per heavy atom. The van der Waals surface area contributed by atoms with Crippen LogP contribution in [0.25, 0.3) is 0 Å². The molecule has 1 aliphatic carbocycles.